The van der Waals surface area contributed by atoms with Crippen molar-refractivity contribution in [3.05, 3.63) is 88.4 Å². The summed E-state index contributed by atoms with van der Waals surface area (Å²) in [5, 5.41) is 25.9. The van der Waals surface area contributed by atoms with E-state index in [4.69, 9.17) is 27.6 Å². The highest BCUT2D eigenvalue weighted by Crippen LogP contribution is 2.43. The number of aliphatic imine (C=N–C) groups is 1. The third-order valence-electron chi connectivity index (χ3n) is 8.99. The molecule has 0 radical (unpaired) electrons. The number of benzene rings is 2. The molecule has 10 nitrogen and oxygen atoms in total. The first-order valence-electron chi connectivity index (χ1n) is 16.6. The number of aromatic amines is 1. The van der Waals surface area contributed by atoms with Crippen LogP contribution in [0.2, 0.25) is 0 Å². The molecule has 9 N–H and O–H groups in total. The fourth-order valence-corrected chi connectivity index (χ4v) is 6.59. The van der Waals surface area contributed by atoms with Gasteiger partial charge in [0.25, 0.3) is 0 Å². The third kappa shape index (κ3) is 10.8. The number of aliphatic hydroxyl groups is 1. The van der Waals surface area contributed by atoms with Crippen molar-refractivity contribution in [1.29, 1.82) is 0 Å². The smallest absolute Gasteiger partial charge is 0.328 e. The number of H-pyrrole nitrogens is 1. The average Bonchev–Trinajstić information content (AvgIpc) is 3.56. The molecule has 0 spiro atoms. The van der Waals surface area contributed by atoms with Crippen LogP contribution in [0.25, 0.3) is 22.2 Å². The van der Waals surface area contributed by atoms with E-state index < -0.39 is 12.0 Å². The zero-order valence-corrected chi connectivity index (χ0v) is 27.1. The number of rotatable bonds is 20. The van der Waals surface area contributed by atoms with Crippen LogP contribution in [0.15, 0.2) is 71.4 Å². The van der Waals surface area contributed by atoms with Crippen LogP contribution >= 0.6 is 0 Å². The minimum atomic E-state index is -1.08. The van der Waals surface area contributed by atoms with Gasteiger partial charge in [-0.2, -0.15) is 0 Å². The van der Waals surface area contributed by atoms with E-state index >= 15 is 0 Å². The number of aromatic nitrogens is 1. The van der Waals surface area contributed by atoms with Gasteiger partial charge in [-0.25, -0.2) is 9.79 Å². The first-order chi connectivity index (χ1) is 22.8. The summed E-state index contributed by atoms with van der Waals surface area (Å²) in [4.78, 5) is 30.4. The number of unbranched alkanes of at least 4 members (excludes halogenated alkanes) is 3. The van der Waals surface area contributed by atoms with E-state index in [0.717, 1.165) is 79.6 Å². The molecule has 0 bridgehead atoms. The maximum atomic E-state index is 11.9. The Morgan fingerprint density at radius 1 is 1.04 bits per heavy atom. The SMILES string of the molecule is NC(N)=NCC(=CC(=O)O)C(CC1C=Cc2cc3ccc(CC=O)cc3cc2C1CCCC(N)CCCCCCO)[N-]c1ccc[nH]1. The number of guanidine groups is 1. The molecule has 252 valence electrons. The summed E-state index contributed by atoms with van der Waals surface area (Å²) in [5.74, 6) is -0.364. The molecule has 47 heavy (non-hydrogen) atoms. The highest BCUT2D eigenvalue weighted by molar-refractivity contribution is 5.88. The maximum absolute atomic E-state index is 11.9. The molecule has 2 aromatic carbocycles. The zero-order chi connectivity index (χ0) is 33.6. The number of nitrogens with one attached hydrogen (secondary N) is 1. The van der Waals surface area contributed by atoms with E-state index in [-0.39, 0.29) is 37.0 Å². The largest absolute Gasteiger partial charge is 0.478 e. The second-order valence-electron chi connectivity index (χ2n) is 12.5. The number of aliphatic carboxylic acids is 1. The van der Waals surface area contributed by atoms with Crippen molar-refractivity contribution in [3.63, 3.8) is 0 Å². The minimum absolute atomic E-state index is 0.0263. The van der Waals surface area contributed by atoms with Crippen molar-refractivity contribution in [2.45, 2.75) is 82.2 Å². The Kier molecular flexibility index (Phi) is 13.6. The van der Waals surface area contributed by atoms with Gasteiger partial charge in [0.15, 0.2) is 5.96 Å². The number of carboxylic acid groups (broad SMARTS) is 1. The molecule has 0 saturated heterocycles. The molecule has 1 aromatic heterocycles. The van der Waals surface area contributed by atoms with E-state index in [0.29, 0.717) is 24.2 Å². The molecule has 0 aliphatic heterocycles. The number of carbonyl (C=O) groups is 2. The quantitative estimate of drug-likeness (QED) is 0.0294. The number of nitrogens with zero attached hydrogens (tertiary/aromatic N) is 2. The number of aliphatic hydroxyl groups excluding tert-OH is 1. The number of hydrogen-bond acceptors (Lipinski definition) is 5. The van der Waals surface area contributed by atoms with Gasteiger partial charge in [0.2, 0.25) is 0 Å². The summed E-state index contributed by atoms with van der Waals surface area (Å²) in [5.41, 5.74) is 21.7. The molecule has 1 aliphatic carbocycles. The highest BCUT2D eigenvalue weighted by atomic mass is 16.4. The van der Waals surface area contributed by atoms with Gasteiger partial charge in [-0.15, -0.1) is 0 Å². The predicted molar refractivity (Wildman–Crippen MR) is 190 cm³/mol. The molecule has 4 atom stereocenters. The second-order valence-corrected chi connectivity index (χ2v) is 12.5. The number of carbonyl (C=O) groups excluding carboxylic acids is 1. The minimum Gasteiger partial charge on any atom is -0.478 e. The van der Waals surface area contributed by atoms with Crippen molar-refractivity contribution < 1.29 is 19.8 Å². The molecule has 0 amide bonds. The molecule has 0 saturated carbocycles. The van der Waals surface area contributed by atoms with Crippen LogP contribution in [0.4, 0.5) is 5.82 Å². The molecule has 4 rings (SSSR count). The predicted octanol–water partition coefficient (Wildman–Crippen LogP) is 5.82. The zero-order valence-electron chi connectivity index (χ0n) is 27.1. The van der Waals surface area contributed by atoms with Crippen molar-refractivity contribution in [2.24, 2.45) is 28.1 Å². The maximum Gasteiger partial charge on any atom is 0.328 e. The van der Waals surface area contributed by atoms with Crippen LogP contribution in [0.5, 0.6) is 0 Å². The summed E-state index contributed by atoms with van der Waals surface area (Å²) in [6, 6.07) is 14.0. The fourth-order valence-electron chi connectivity index (χ4n) is 6.59. The van der Waals surface area contributed by atoms with Crippen molar-refractivity contribution >= 4 is 40.9 Å². The molecule has 10 heteroatoms. The number of allylic oxidation sites excluding steroid dienone is 1. The molecule has 1 aliphatic rings. The number of carboxylic acids is 1. The van der Waals surface area contributed by atoms with Gasteiger partial charge in [0.05, 0.1) is 6.54 Å². The first-order valence-corrected chi connectivity index (χ1v) is 16.6. The summed E-state index contributed by atoms with van der Waals surface area (Å²) in [6.45, 7) is 0.262. The Labute approximate surface area is 277 Å². The summed E-state index contributed by atoms with van der Waals surface area (Å²) in [6.07, 6.45) is 16.9. The Morgan fingerprint density at radius 2 is 1.85 bits per heavy atom. The van der Waals surface area contributed by atoms with Gasteiger partial charge in [-0.05, 0) is 89.1 Å². The molecule has 3 aromatic rings. The van der Waals surface area contributed by atoms with Gasteiger partial charge >= 0.3 is 5.97 Å². The summed E-state index contributed by atoms with van der Waals surface area (Å²) in [7, 11) is 0. The highest BCUT2D eigenvalue weighted by Gasteiger charge is 2.29. The lowest BCUT2D eigenvalue weighted by molar-refractivity contribution is -0.131. The van der Waals surface area contributed by atoms with Crippen molar-refractivity contribution in [3.8, 4) is 0 Å². The van der Waals surface area contributed by atoms with Crippen molar-refractivity contribution in [1.82, 2.24) is 4.98 Å². The molecular weight excluding hydrogens is 592 g/mol. The van der Waals surface area contributed by atoms with E-state index in [2.05, 4.69) is 46.4 Å². The van der Waals surface area contributed by atoms with E-state index in [9.17, 15) is 14.7 Å². The van der Waals surface area contributed by atoms with Crippen LogP contribution < -0.4 is 17.2 Å². The Hall–Kier alpha value is -4.41. The summed E-state index contributed by atoms with van der Waals surface area (Å²) >= 11 is 0. The average molecular weight is 642 g/mol. The van der Waals surface area contributed by atoms with Crippen LogP contribution in [-0.4, -0.2) is 58.6 Å². The Bertz CT molecular complexity index is 1540. The number of hydrogen-bond donors (Lipinski definition) is 6. The lowest BCUT2D eigenvalue weighted by Crippen LogP contribution is -2.26. The van der Waals surface area contributed by atoms with Crippen LogP contribution in [0.3, 0.4) is 0 Å². The normalized spacial score (nSPS) is 17.2. The number of fused-ring (bicyclic) bond motifs is 2. The van der Waals surface area contributed by atoms with Gasteiger partial charge in [-0.1, -0.05) is 86.2 Å². The van der Waals surface area contributed by atoms with Crippen LogP contribution in [0, 0.1) is 5.92 Å². The number of nitrogens with two attached hydrogens (primary N) is 3. The molecular formula is C37H49N6O4-. The lowest BCUT2D eigenvalue weighted by atomic mass is 9.72. The second kappa shape index (κ2) is 18.1. The van der Waals surface area contributed by atoms with Crippen molar-refractivity contribution in [2.75, 3.05) is 13.2 Å². The van der Waals surface area contributed by atoms with Crippen LogP contribution in [0.1, 0.15) is 80.4 Å². The molecule has 0 fully saturated rings. The first kappa shape index (κ1) is 35.4. The number of aldehydes is 1. The van der Waals surface area contributed by atoms with Gasteiger partial charge < -0.3 is 42.5 Å². The standard InChI is InChI=1S/C37H49N6O4/c38-31(7-3-1-2-4-17-44)8-5-9-32-28(14-13-27-20-26-12-11-25(15-18-45)19-29(26)21-33(27)32)22-34(43-35-10-6-16-41-35)30(23-36(46)47)24-42-37(39)40/h6,10-14,16,18-21,23,28,31-32,34,41,44H,1-5,7-9,15,17,22,24,38H2,(H,46,47)(H4,39,40,42)/q-1. The lowest BCUT2D eigenvalue weighted by Gasteiger charge is -2.36. The van der Waals surface area contributed by atoms with Gasteiger partial charge in [-0.3, -0.25) is 0 Å². The van der Waals surface area contributed by atoms with Crippen LogP contribution in [-0.2, 0) is 16.0 Å². The molecule has 1 heterocycles. The summed E-state index contributed by atoms with van der Waals surface area (Å²) < 4.78 is 0. The fraction of sp³-hybridized carbons (Fsp3) is 0.432. The topological polar surface area (TPSA) is 195 Å². The van der Waals surface area contributed by atoms with E-state index in [1.54, 1.807) is 6.20 Å². The molecule has 4 unspecified atom stereocenters. The van der Waals surface area contributed by atoms with Gasteiger partial charge in [0.1, 0.15) is 6.29 Å². The van der Waals surface area contributed by atoms with E-state index in [1.807, 2.05) is 18.2 Å². The van der Waals surface area contributed by atoms with Gasteiger partial charge in [0, 0.05) is 25.1 Å². The van der Waals surface area contributed by atoms with E-state index in [1.165, 1.54) is 11.6 Å². The third-order valence-corrected chi connectivity index (χ3v) is 8.99. The monoisotopic (exact) mass is 641 g/mol. The Morgan fingerprint density at radius 3 is 2.57 bits per heavy atom. The Balaban J connectivity index is 1.64.